The summed E-state index contributed by atoms with van der Waals surface area (Å²) in [5.41, 5.74) is -0.756. The molecule has 2 rings (SSSR count). The monoisotopic (exact) mass is 426 g/mol. The molecule has 0 aliphatic carbocycles. The number of aromatic nitrogens is 2. The number of benzene rings is 1. The van der Waals surface area contributed by atoms with Crippen LogP contribution in [0.4, 0.5) is 13.2 Å². The molecule has 164 valence electrons. The van der Waals surface area contributed by atoms with E-state index in [0.717, 1.165) is 16.8 Å². The molecule has 1 aromatic heterocycles. The van der Waals surface area contributed by atoms with Gasteiger partial charge < -0.3 is 14.5 Å². The van der Waals surface area contributed by atoms with Gasteiger partial charge in [-0.2, -0.15) is 18.3 Å². The third kappa shape index (κ3) is 6.67. The van der Waals surface area contributed by atoms with E-state index in [1.54, 1.807) is 0 Å². The van der Waals surface area contributed by atoms with Crippen molar-refractivity contribution in [3.8, 4) is 0 Å². The molecule has 0 saturated carbocycles. The number of rotatable bonds is 9. The van der Waals surface area contributed by atoms with E-state index in [2.05, 4.69) is 5.10 Å². The van der Waals surface area contributed by atoms with Crippen LogP contribution in [0.5, 0.6) is 0 Å². The second kappa shape index (κ2) is 10.4. The molecule has 7 nitrogen and oxygen atoms in total. The summed E-state index contributed by atoms with van der Waals surface area (Å²) in [6.45, 7) is 1.20. The maximum absolute atomic E-state index is 13.1. The minimum Gasteiger partial charge on any atom is -0.383 e. The van der Waals surface area contributed by atoms with Crippen molar-refractivity contribution in [1.82, 2.24) is 19.6 Å². The van der Waals surface area contributed by atoms with Gasteiger partial charge in [0.1, 0.15) is 5.69 Å². The minimum atomic E-state index is -4.47. The zero-order chi connectivity index (χ0) is 22.3. The average Bonchev–Trinajstić information content (AvgIpc) is 2.69. The summed E-state index contributed by atoms with van der Waals surface area (Å²) < 4.78 is 45.1. The molecule has 0 aliphatic heterocycles. The number of nitrogens with zero attached hydrogens (tertiary/aromatic N) is 4. The van der Waals surface area contributed by atoms with E-state index >= 15 is 0 Å². The fourth-order valence-electron chi connectivity index (χ4n) is 2.70. The minimum absolute atomic E-state index is 0.0184. The Kier molecular flexibility index (Phi) is 8.13. The number of carbonyl (C=O) groups excluding carboxylic acids is 1. The van der Waals surface area contributed by atoms with Gasteiger partial charge in [0.2, 0.25) is 0 Å². The number of likely N-dealkylation sites (N-methyl/N-ethyl adjacent to an activating group) is 1. The second-order valence-corrected chi connectivity index (χ2v) is 7.00. The molecule has 30 heavy (non-hydrogen) atoms. The number of carbonyl (C=O) groups is 1. The maximum Gasteiger partial charge on any atom is 0.416 e. The van der Waals surface area contributed by atoms with Crippen molar-refractivity contribution in [1.29, 1.82) is 0 Å². The third-order valence-electron chi connectivity index (χ3n) is 4.33. The molecule has 0 radical (unpaired) electrons. The van der Waals surface area contributed by atoms with Crippen LogP contribution in [0.2, 0.25) is 0 Å². The smallest absolute Gasteiger partial charge is 0.383 e. The average molecular weight is 426 g/mol. The van der Waals surface area contributed by atoms with Crippen LogP contribution in [0.3, 0.4) is 0 Å². The molecule has 0 aliphatic rings. The van der Waals surface area contributed by atoms with Crippen LogP contribution in [-0.2, 0) is 24.0 Å². The number of ether oxygens (including phenoxy) is 1. The lowest BCUT2D eigenvalue weighted by Crippen LogP contribution is -2.38. The van der Waals surface area contributed by atoms with E-state index in [0.29, 0.717) is 12.1 Å². The third-order valence-corrected chi connectivity index (χ3v) is 4.33. The number of alkyl halides is 3. The Bertz CT molecular complexity index is 913. The van der Waals surface area contributed by atoms with Crippen LogP contribution in [0.1, 0.15) is 21.6 Å². The normalized spacial score (nSPS) is 11.7. The maximum atomic E-state index is 13.1. The lowest BCUT2D eigenvalue weighted by Gasteiger charge is -2.25. The first-order valence-electron chi connectivity index (χ1n) is 9.29. The van der Waals surface area contributed by atoms with Gasteiger partial charge in [0.05, 0.1) is 18.7 Å². The fraction of sp³-hybridized carbons (Fsp3) is 0.450. The van der Waals surface area contributed by atoms with E-state index in [1.807, 2.05) is 19.0 Å². The molecule has 10 heteroatoms. The van der Waals surface area contributed by atoms with E-state index < -0.39 is 17.6 Å². The Morgan fingerprint density at radius 1 is 1.17 bits per heavy atom. The molecule has 0 atom stereocenters. The quantitative estimate of drug-likeness (QED) is 0.615. The van der Waals surface area contributed by atoms with Crippen LogP contribution < -0.4 is 5.56 Å². The lowest BCUT2D eigenvalue weighted by atomic mass is 10.1. The molecule has 1 amide bonds. The first-order chi connectivity index (χ1) is 14.1. The molecule has 2 aromatic rings. The predicted octanol–water partition coefficient (Wildman–Crippen LogP) is 2.11. The van der Waals surface area contributed by atoms with Gasteiger partial charge in [-0.1, -0.05) is 12.1 Å². The Labute approximate surface area is 172 Å². The second-order valence-electron chi connectivity index (χ2n) is 7.00. The van der Waals surface area contributed by atoms with E-state index in [-0.39, 0.29) is 37.5 Å². The van der Waals surface area contributed by atoms with Crippen LogP contribution >= 0.6 is 0 Å². The summed E-state index contributed by atoms with van der Waals surface area (Å²) in [6.07, 6.45) is -4.47. The number of hydrogen-bond acceptors (Lipinski definition) is 5. The number of halogens is 3. The Hall–Kier alpha value is -2.72. The summed E-state index contributed by atoms with van der Waals surface area (Å²) in [4.78, 5) is 28.3. The first kappa shape index (κ1) is 23.6. The van der Waals surface area contributed by atoms with Crippen molar-refractivity contribution in [2.24, 2.45) is 0 Å². The summed E-state index contributed by atoms with van der Waals surface area (Å²) in [5, 5.41) is 4.10. The topological polar surface area (TPSA) is 67.7 Å². The van der Waals surface area contributed by atoms with Gasteiger partial charge in [-0.05, 0) is 37.9 Å². The molecular weight excluding hydrogens is 401 g/mol. The Balaban J connectivity index is 2.30. The van der Waals surface area contributed by atoms with Crippen molar-refractivity contribution in [2.45, 2.75) is 19.3 Å². The highest BCUT2D eigenvalue weighted by Crippen LogP contribution is 2.29. The summed E-state index contributed by atoms with van der Waals surface area (Å²) >= 11 is 0. The van der Waals surface area contributed by atoms with Gasteiger partial charge in [-0.3, -0.25) is 9.59 Å². The van der Waals surface area contributed by atoms with Gasteiger partial charge in [-0.25, -0.2) is 4.68 Å². The number of amides is 1. The van der Waals surface area contributed by atoms with Gasteiger partial charge in [0.15, 0.2) is 0 Å². The van der Waals surface area contributed by atoms with Gasteiger partial charge in [-0.15, -0.1) is 0 Å². The summed E-state index contributed by atoms with van der Waals surface area (Å²) in [6, 6.07) is 7.44. The van der Waals surface area contributed by atoms with Crippen LogP contribution in [0.25, 0.3) is 0 Å². The number of methoxy groups -OCH3 is 1. The molecule has 1 heterocycles. The van der Waals surface area contributed by atoms with Crippen molar-refractivity contribution >= 4 is 5.91 Å². The molecule has 0 unspecified atom stereocenters. The zero-order valence-corrected chi connectivity index (χ0v) is 17.1. The molecule has 1 aromatic carbocycles. The highest BCUT2D eigenvalue weighted by molar-refractivity contribution is 5.92. The van der Waals surface area contributed by atoms with E-state index in [9.17, 15) is 22.8 Å². The standard InChI is InChI=1S/C20H25F3N4O3/c1-25(2)9-10-26(14-15-5-4-6-16(13-15)20(21,22)23)19(29)17-7-8-18(28)27(24-17)11-12-30-3/h4-8,13H,9-12,14H2,1-3H3. The zero-order valence-electron chi connectivity index (χ0n) is 17.1. The highest BCUT2D eigenvalue weighted by Gasteiger charge is 2.30. The molecule has 0 fully saturated rings. The van der Waals surface area contributed by atoms with Crippen molar-refractivity contribution in [3.63, 3.8) is 0 Å². The Morgan fingerprint density at radius 2 is 1.90 bits per heavy atom. The molecular formula is C20H25F3N4O3. The predicted molar refractivity (Wildman–Crippen MR) is 105 cm³/mol. The van der Waals surface area contributed by atoms with E-state index in [4.69, 9.17) is 4.74 Å². The molecule has 0 N–H and O–H groups in total. The van der Waals surface area contributed by atoms with Gasteiger partial charge in [0, 0.05) is 32.8 Å². The molecule has 0 bridgehead atoms. The lowest BCUT2D eigenvalue weighted by molar-refractivity contribution is -0.137. The highest BCUT2D eigenvalue weighted by atomic mass is 19.4. The van der Waals surface area contributed by atoms with E-state index in [1.165, 1.54) is 36.3 Å². The summed E-state index contributed by atoms with van der Waals surface area (Å²) in [5.74, 6) is -0.472. The largest absolute Gasteiger partial charge is 0.416 e. The van der Waals surface area contributed by atoms with Crippen LogP contribution in [0.15, 0.2) is 41.2 Å². The Morgan fingerprint density at radius 3 is 2.53 bits per heavy atom. The molecule has 0 spiro atoms. The van der Waals surface area contributed by atoms with Gasteiger partial charge >= 0.3 is 6.18 Å². The van der Waals surface area contributed by atoms with Crippen LogP contribution in [-0.4, -0.2) is 66.4 Å². The number of hydrogen-bond donors (Lipinski definition) is 0. The van der Waals surface area contributed by atoms with Crippen molar-refractivity contribution in [2.75, 3.05) is 40.9 Å². The fourth-order valence-corrected chi connectivity index (χ4v) is 2.70. The summed E-state index contributed by atoms with van der Waals surface area (Å²) in [7, 11) is 5.14. The first-order valence-corrected chi connectivity index (χ1v) is 9.29. The SMILES string of the molecule is COCCn1nc(C(=O)N(CCN(C)C)Cc2cccc(C(F)(F)F)c2)ccc1=O. The van der Waals surface area contributed by atoms with Crippen LogP contribution in [0, 0.1) is 0 Å². The van der Waals surface area contributed by atoms with Gasteiger partial charge in [0.25, 0.3) is 11.5 Å². The van der Waals surface area contributed by atoms with Crippen molar-refractivity contribution in [3.05, 3.63) is 63.6 Å². The molecule has 0 saturated heterocycles. The van der Waals surface area contributed by atoms with Crippen molar-refractivity contribution < 1.29 is 22.7 Å².